The molecule has 0 saturated carbocycles. The highest BCUT2D eigenvalue weighted by molar-refractivity contribution is 5.91. The number of nitro groups is 1. The molecule has 1 fully saturated rings. The van der Waals surface area contributed by atoms with Crippen LogP contribution in [0.3, 0.4) is 0 Å². The van der Waals surface area contributed by atoms with Crippen LogP contribution < -0.4 is 4.90 Å². The minimum atomic E-state index is -0.619. The van der Waals surface area contributed by atoms with Crippen LogP contribution in [0, 0.1) is 27.4 Å². The quantitative estimate of drug-likeness (QED) is 0.441. The lowest BCUT2D eigenvalue weighted by Crippen LogP contribution is -2.34. The maximum absolute atomic E-state index is 12.3. The molecule has 7 heteroatoms. The maximum Gasteiger partial charge on any atom is 0.338 e. The van der Waals surface area contributed by atoms with Gasteiger partial charge >= 0.3 is 5.97 Å². The van der Waals surface area contributed by atoms with Gasteiger partial charge in [0.15, 0.2) is 0 Å². The van der Waals surface area contributed by atoms with Crippen molar-refractivity contribution in [2.45, 2.75) is 26.4 Å². The number of hydrogen-bond donors (Lipinski definition) is 0. The van der Waals surface area contributed by atoms with E-state index in [1.807, 2.05) is 11.0 Å². The van der Waals surface area contributed by atoms with E-state index < -0.39 is 10.9 Å². The molecule has 2 aromatic rings. The third-order valence-electron chi connectivity index (χ3n) is 4.86. The SMILES string of the molecule is CC1CCCN(c2ccc(C(=O)OCc3ccc(C#N)cc3)cc2[N+](=O)[O-])C1. The number of carbonyl (C=O) groups is 1. The van der Waals surface area contributed by atoms with Gasteiger partial charge in [-0.1, -0.05) is 19.1 Å². The molecule has 2 aromatic carbocycles. The van der Waals surface area contributed by atoms with Gasteiger partial charge in [0.25, 0.3) is 5.69 Å². The predicted octanol–water partition coefficient (Wildman–Crippen LogP) is 4.06. The van der Waals surface area contributed by atoms with Crippen LogP contribution in [0.4, 0.5) is 11.4 Å². The summed E-state index contributed by atoms with van der Waals surface area (Å²) in [7, 11) is 0. The fourth-order valence-corrected chi connectivity index (χ4v) is 3.38. The predicted molar refractivity (Wildman–Crippen MR) is 104 cm³/mol. The summed E-state index contributed by atoms with van der Waals surface area (Å²) in [6, 6.07) is 13.2. The van der Waals surface area contributed by atoms with E-state index in [0.29, 0.717) is 17.2 Å². The molecule has 0 amide bonds. The number of ether oxygens (including phenoxy) is 1. The number of rotatable bonds is 5. The molecule has 1 heterocycles. The first-order valence-electron chi connectivity index (χ1n) is 9.17. The van der Waals surface area contributed by atoms with Crippen molar-refractivity contribution in [2.75, 3.05) is 18.0 Å². The average molecular weight is 379 g/mol. The molecule has 144 valence electrons. The summed E-state index contributed by atoms with van der Waals surface area (Å²) in [4.78, 5) is 25.5. The Morgan fingerprint density at radius 3 is 2.71 bits per heavy atom. The van der Waals surface area contributed by atoms with E-state index >= 15 is 0 Å². The Kier molecular flexibility index (Phi) is 5.90. The lowest BCUT2D eigenvalue weighted by atomic mass is 9.99. The van der Waals surface area contributed by atoms with Crippen LogP contribution in [0.5, 0.6) is 0 Å². The fraction of sp³-hybridized carbons (Fsp3) is 0.333. The van der Waals surface area contributed by atoms with E-state index in [2.05, 4.69) is 6.92 Å². The van der Waals surface area contributed by atoms with Gasteiger partial charge in [-0.25, -0.2) is 4.79 Å². The Balaban J connectivity index is 1.74. The largest absolute Gasteiger partial charge is 0.457 e. The van der Waals surface area contributed by atoms with Gasteiger partial charge in [0.1, 0.15) is 12.3 Å². The molecule has 1 saturated heterocycles. The Bertz CT molecular complexity index is 918. The minimum Gasteiger partial charge on any atom is -0.457 e. The summed E-state index contributed by atoms with van der Waals surface area (Å²) >= 11 is 0. The lowest BCUT2D eigenvalue weighted by molar-refractivity contribution is -0.384. The lowest BCUT2D eigenvalue weighted by Gasteiger charge is -2.32. The molecule has 3 rings (SSSR count). The van der Waals surface area contributed by atoms with Crippen molar-refractivity contribution in [2.24, 2.45) is 5.92 Å². The summed E-state index contributed by atoms with van der Waals surface area (Å²) < 4.78 is 5.27. The first kappa shape index (κ1) is 19.4. The summed E-state index contributed by atoms with van der Waals surface area (Å²) in [6.07, 6.45) is 2.11. The summed E-state index contributed by atoms with van der Waals surface area (Å²) in [6.45, 7) is 3.70. The smallest absolute Gasteiger partial charge is 0.338 e. The molecule has 28 heavy (non-hydrogen) atoms. The minimum absolute atomic E-state index is 0.0315. The third-order valence-corrected chi connectivity index (χ3v) is 4.86. The van der Waals surface area contributed by atoms with Gasteiger partial charge in [0.2, 0.25) is 0 Å². The van der Waals surface area contributed by atoms with E-state index in [-0.39, 0.29) is 17.9 Å². The van der Waals surface area contributed by atoms with Crippen molar-refractivity contribution >= 4 is 17.3 Å². The molecule has 0 aromatic heterocycles. The second kappa shape index (κ2) is 8.53. The number of nitriles is 1. The van der Waals surface area contributed by atoms with Gasteiger partial charge < -0.3 is 9.64 Å². The first-order valence-corrected chi connectivity index (χ1v) is 9.17. The van der Waals surface area contributed by atoms with Crippen molar-refractivity contribution in [3.05, 3.63) is 69.3 Å². The van der Waals surface area contributed by atoms with Gasteiger partial charge in [-0.3, -0.25) is 10.1 Å². The highest BCUT2D eigenvalue weighted by Crippen LogP contribution is 2.32. The number of anilines is 1. The van der Waals surface area contributed by atoms with Crippen LogP contribution >= 0.6 is 0 Å². The molecule has 1 aliphatic rings. The van der Waals surface area contributed by atoms with Crippen LogP contribution in [-0.4, -0.2) is 24.0 Å². The molecular formula is C21H21N3O4. The molecule has 7 nitrogen and oxygen atoms in total. The Hall–Kier alpha value is -3.40. The van der Waals surface area contributed by atoms with E-state index in [0.717, 1.165) is 31.5 Å². The summed E-state index contributed by atoms with van der Waals surface area (Å²) in [5.41, 5.74) is 1.87. The van der Waals surface area contributed by atoms with E-state index in [4.69, 9.17) is 10.00 Å². The fourth-order valence-electron chi connectivity index (χ4n) is 3.38. The topological polar surface area (TPSA) is 96.5 Å². The third kappa shape index (κ3) is 4.46. The van der Waals surface area contributed by atoms with E-state index in [1.165, 1.54) is 6.07 Å². The highest BCUT2D eigenvalue weighted by Gasteiger charge is 2.25. The first-order chi connectivity index (χ1) is 13.5. The Morgan fingerprint density at radius 1 is 1.32 bits per heavy atom. The molecule has 1 unspecified atom stereocenters. The zero-order chi connectivity index (χ0) is 20.1. The molecule has 0 bridgehead atoms. The number of benzene rings is 2. The Labute approximate surface area is 163 Å². The normalized spacial score (nSPS) is 16.3. The van der Waals surface area contributed by atoms with Gasteiger partial charge in [-0.05, 0) is 48.6 Å². The molecule has 0 aliphatic carbocycles. The summed E-state index contributed by atoms with van der Waals surface area (Å²) in [5, 5.41) is 20.4. The van der Waals surface area contributed by atoms with Crippen molar-refractivity contribution < 1.29 is 14.5 Å². The summed E-state index contributed by atoms with van der Waals surface area (Å²) in [5.74, 6) is -0.142. The second-order valence-corrected chi connectivity index (χ2v) is 7.04. The van der Waals surface area contributed by atoms with Crippen LogP contribution in [0.2, 0.25) is 0 Å². The van der Waals surface area contributed by atoms with Crippen molar-refractivity contribution in [3.63, 3.8) is 0 Å². The monoisotopic (exact) mass is 379 g/mol. The maximum atomic E-state index is 12.3. The number of nitro benzene ring substituents is 1. The van der Waals surface area contributed by atoms with Gasteiger partial charge in [-0.15, -0.1) is 0 Å². The highest BCUT2D eigenvalue weighted by atomic mass is 16.6. The number of hydrogen-bond acceptors (Lipinski definition) is 6. The number of nitrogens with zero attached hydrogens (tertiary/aromatic N) is 3. The molecular weight excluding hydrogens is 358 g/mol. The van der Waals surface area contributed by atoms with Crippen LogP contribution in [-0.2, 0) is 11.3 Å². The zero-order valence-electron chi connectivity index (χ0n) is 15.6. The van der Waals surface area contributed by atoms with Crippen LogP contribution in [0.15, 0.2) is 42.5 Å². The molecule has 0 N–H and O–H groups in total. The number of esters is 1. The van der Waals surface area contributed by atoms with Crippen LogP contribution in [0.1, 0.15) is 41.3 Å². The molecule has 1 atom stereocenters. The van der Waals surface area contributed by atoms with Crippen molar-refractivity contribution in [3.8, 4) is 6.07 Å². The molecule has 0 spiro atoms. The standard InChI is InChI=1S/C21H21N3O4/c1-15-3-2-10-23(13-15)19-9-8-18(11-20(19)24(26)27)21(25)28-14-17-6-4-16(12-22)5-7-17/h4-9,11,15H,2-3,10,13-14H2,1H3. The van der Waals surface area contributed by atoms with Crippen molar-refractivity contribution in [1.29, 1.82) is 5.26 Å². The van der Waals surface area contributed by atoms with Gasteiger partial charge in [0, 0.05) is 19.2 Å². The zero-order valence-corrected chi connectivity index (χ0v) is 15.6. The average Bonchev–Trinajstić information content (AvgIpc) is 2.72. The van der Waals surface area contributed by atoms with Crippen molar-refractivity contribution in [1.82, 2.24) is 0 Å². The Morgan fingerprint density at radius 2 is 2.07 bits per heavy atom. The van der Waals surface area contributed by atoms with Gasteiger partial charge in [0.05, 0.1) is 22.1 Å². The number of piperidine rings is 1. The van der Waals surface area contributed by atoms with E-state index in [9.17, 15) is 14.9 Å². The molecule has 0 radical (unpaired) electrons. The van der Waals surface area contributed by atoms with Gasteiger partial charge in [-0.2, -0.15) is 5.26 Å². The van der Waals surface area contributed by atoms with E-state index in [1.54, 1.807) is 36.4 Å². The van der Waals surface area contributed by atoms with Crippen LogP contribution in [0.25, 0.3) is 0 Å². The molecule has 1 aliphatic heterocycles. The number of carbonyl (C=O) groups excluding carboxylic acids is 1. The second-order valence-electron chi connectivity index (χ2n) is 7.04.